The zero-order valence-electron chi connectivity index (χ0n) is 22.1. The number of halogens is 2. The number of benzene rings is 1. The molecule has 3 aliphatic rings. The molecule has 1 saturated heterocycles. The Kier molecular flexibility index (Phi) is 6.51. The lowest BCUT2D eigenvalue weighted by atomic mass is 10.1. The van der Waals surface area contributed by atoms with Crippen LogP contribution in [0.3, 0.4) is 0 Å². The highest BCUT2D eigenvalue weighted by atomic mass is 19.1. The van der Waals surface area contributed by atoms with Crippen molar-refractivity contribution in [3.05, 3.63) is 47.3 Å². The molecule has 0 unspecified atom stereocenters. The minimum atomic E-state index is -0.619. The lowest BCUT2D eigenvalue weighted by molar-refractivity contribution is 0.287. The maximum atomic E-state index is 15.0. The van der Waals surface area contributed by atoms with Crippen LogP contribution in [-0.4, -0.2) is 72.3 Å². The van der Waals surface area contributed by atoms with Gasteiger partial charge in [0.1, 0.15) is 18.1 Å². The molecule has 3 aromatic rings. The SMILES string of the molecule is CC(C)N1CCOc2c(F)cc(-c3nc(Nc4ncc(N5CCN(C)CC5)c5c4CCC5)ncc3F)cc21. The minimum absolute atomic E-state index is 0.0316. The number of nitrogens with zero attached hydrogens (tertiary/aromatic N) is 6. The largest absolute Gasteiger partial charge is 0.486 e. The molecule has 0 bridgehead atoms. The average molecular weight is 522 g/mol. The molecular weight excluding hydrogens is 488 g/mol. The van der Waals surface area contributed by atoms with Crippen LogP contribution >= 0.6 is 0 Å². The van der Waals surface area contributed by atoms with E-state index in [2.05, 4.69) is 37.0 Å². The third kappa shape index (κ3) is 4.51. The van der Waals surface area contributed by atoms with Crippen molar-refractivity contribution in [1.29, 1.82) is 0 Å². The van der Waals surface area contributed by atoms with E-state index in [1.54, 1.807) is 6.07 Å². The van der Waals surface area contributed by atoms with Crippen LogP contribution in [0.25, 0.3) is 11.3 Å². The number of piperazine rings is 1. The van der Waals surface area contributed by atoms with Crippen LogP contribution in [-0.2, 0) is 12.8 Å². The van der Waals surface area contributed by atoms with Crippen LogP contribution in [0.4, 0.5) is 31.9 Å². The topological polar surface area (TPSA) is 69.7 Å². The van der Waals surface area contributed by atoms with Crippen LogP contribution < -0.4 is 19.9 Å². The molecule has 38 heavy (non-hydrogen) atoms. The highest BCUT2D eigenvalue weighted by Gasteiger charge is 2.27. The molecule has 0 spiro atoms. The van der Waals surface area contributed by atoms with E-state index in [4.69, 9.17) is 9.72 Å². The van der Waals surface area contributed by atoms with Gasteiger partial charge in [0.05, 0.1) is 30.3 Å². The second kappa shape index (κ2) is 9.98. The predicted molar refractivity (Wildman–Crippen MR) is 145 cm³/mol. The number of fused-ring (bicyclic) bond motifs is 2. The number of nitrogens with one attached hydrogen (secondary N) is 1. The average Bonchev–Trinajstić information content (AvgIpc) is 3.41. The fraction of sp³-hybridized carbons (Fsp3) is 0.464. The van der Waals surface area contributed by atoms with Gasteiger partial charge < -0.3 is 24.8 Å². The van der Waals surface area contributed by atoms with E-state index >= 15 is 4.39 Å². The van der Waals surface area contributed by atoms with Crippen molar-refractivity contribution in [2.45, 2.75) is 39.2 Å². The summed E-state index contributed by atoms with van der Waals surface area (Å²) in [6.07, 6.45) is 6.04. The van der Waals surface area contributed by atoms with Crippen molar-refractivity contribution in [2.75, 3.05) is 61.5 Å². The smallest absolute Gasteiger partial charge is 0.229 e. The summed E-state index contributed by atoms with van der Waals surface area (Å²) in [4.78, 5) is 20.2. The number of anilines is 4. The quantitative estimate of drug-likeness (QED) is 0.530. The maximum absolute atomic E-state index is 15.0. The fourth-order valence-electron chi connectivity index (χ4n) is 5.71. The van der Waals surface area contributed by atoms with Crippen molar-refractivity contribution in [3.8, 4) is 17.0 Å². The number of likely N-dealkylation sites (N-methyl/N-ethyl adjacent to an activating group) is 1. The zero-order valence-corrected chi connectivity index (χ0v) is 22.1. The van der Waals surface area contributed by atoms with Gasteiger partial charge in [-0.25, -0.2) is 23.7 Å². The molecule has 8 nitrogen and oxygen atoms in total. The van der Waals surface area contributed by atoms with E-state index in [1.807, 2.05) is 20.0 Å². The lowest BCUT2D eigenvalue weighted by Crippen LogP contribution is -2.44. The van der Waals surface area contributed by atoms with Crippen molar-refractivity contribution in [3.63, 3.8) is 0 Å². The monoisotopic (exact) mass is 521 g/mol. The van der Waals surface area contributed by atoms with Gasteiger partial charge >= 0.3 is 0 Å². The second-order valence-electron chi connectivity index (χ2n) is 10.6. The Labute approximate surface area is 221 Å². The van der Waals surface area contributed by atoms with Crippen LogP contribution in [0.15, 0.2) is 24.5 Å². The van der Waals surface area contributed by atoms with E-state index in [0.717, 1.165) is 51.6 Å². The summed E-state index contributed by atoms with van der Waals surface area (Å²) >= 11 is 0. The normalized spacial score (nSPS) is 17.4. The van der Waals surface area contributed by atoms with Gasteiger partial charge in [-0.05, 0) is 57.9 Å². The standard InChI is InChI=1S/C28H33F2N7O/c1-17(2)37-11-12-38-26-21(29)13-18(14-23(26)37)25-22(30)15-32-28(33-25)34-27-20-6-4-5-19(20)24(16-31-27)36-9-7-35(3)8-10-36/h13-17H,4-12H2,1-3H3,(H,31,32,33,34). The molecule has 0 radical (unpaired) electrons. The number of rotatable bonds is 5. The number of pyridine rings is 1. The summed E-state index contributed by atoms with van der Waals surface area (Å²) in [7, 11) is 2.15. The molecule has 1 aliphatic carbocycles. The van der Waals surface area contributed by atoms with Gasteiger partial charge in [-0.1, -0.05) is 0 Å². The number of aromatic nitrogens is 3. The molecule has 0 amide bonds. The summed E-state index contributed by atoms with van der Waals surface area (Å²) < 4.78 is 35.6. The van der Waals surface area contributed by atoms with Gasteiger partial charge in [-0.2, -0.15) is 0 Å². The molecule has 6 rings (SSSR count). The first-order valence-corrected chi connectivity index (χ1v) is 13.4. The predicted octanol–water partition coefficient (Wildman–Crippen LogP) is 4.41. The van der Waals surface area contributed by atoms with Crippen LogP contribution in [0.5, 0.6) is 5.75 Å². The Balaban J connectivity index is 1.32. The van der Waals surface area contributed by atoms with Gasteiger partial charge in [0, 0.05) is 43.3 Å². The first-order chi connectivity index (χ1) is 18.4. The third-order valence-corrected chi connectivity index (χ3v) is 7.76. The van der Waals surface area contributed by atoms with Gasteiger partial charge in [0.15, 0.2) is 17.4 Å². The Hall–Kier alpha value is -3.53. The minimum Gasteiger partial charge on any atom is -0.486 e. The Morgan fingerprint density at radius 3 is 2.50 bits per heavy atom. The molecule has 4 heterocycles. The molecule has 1 N–H and O–H groups in total. The summed E-state index contributed by atoms with van der Waals surface area (Å²) in [5.74, 6) is -0.0308. The number of hydrogen-bond donors (Lipinski definition) is 1. The molecule has 1 aromatic carbocycles. The van der Waals surface area contributed by atoms with Gasteiger partial charge in [0.2, 0.25) is 5.95 Å². The maximum Gasteiger partial charge on any atom is 0.229 e. The van der Waals surface area contributed by atoms with Crippen LogP contribution in [0.1, 0.15) is 31.4 Å². The Morgan fingerprint density at radius 2 is 1.71 bits per heavy atom. The highest BCUT2D eigenvalue weighted by Crippen LogP contribution is 2.40. The van der Waals surface area contributed by atoms with E-state index < -0.39 is 11.6 Å². The molecule has 0 saturated carbocycles. The van der Waals surface area contributed by atoms with Gasteiger partial charge in [-0.3, -0.25) is 0 Å². The van der Waals surface area contributed by atoms with E-state index in [0.29, 0.717) is 30.2 Å². The van der Waals surface area contributed by atoms with Crippen molar-refractivity contribution in [1.82, 2.24) is 19.9 Å². The molecule has 200 valence electrons. The van der Waals surface area contributed by atoms with Crippen molar-refractivity contribution < 1.29 is 13.5 Å². The Bertz CT molecular complexity index is 1360. The summed E-state index contributed by atoms with van der Waals surface area (Å²) in [6, 6.07) is 3.16. The van der Waals surface area contributed by atoms with Gasteiger partial charge in [-0.15, -0.1) is 0 Å². The van der Waals surface area contributed by atoms with E-state index in [-0.39, 0.29) is 23.4 Å². The molecule has 2 aliphatic heterocycles. The van der Waals surface area contributed by atoms with Crippen molar-refractivity contribution in [2.24, 2.45) is 0 Å². The number of hydrogen-bond acceptors (Lipinski definition) is 8. The first kappa shape index (κ1) is 24.8. The van der Waals surface area contributed by atoms with Gasteiger partial charge in [0.25, 0.3) is 0 Å². The first-order valence-electron chi connectivity index (χ1n) is 13.4. The molecule has 10 heteroatoms. The fourth-order valence-corrected chi connectivity index (χ4v) is 5.71. The Morgan fingerprint density at radius 1 is 0.921 bits per heavy atom. The van der Waals surface area contributed by atoms with E-state index in [1.165, 1.54) is 22.9 Å². The zero-order chi connectivity index (χ0) is 26.4. The third-order valence-electron chi connectivity index (χ3n) is 7.76. The van der Waals surface area contributed by atoms with E-state index in [9.17, 15) is 4.39 Å². The summed E-state index contributed by atoms with van der Waals surface area (Å²) in [6.45, 7) is 9.14. The summed E-state index contributed by atoms with van der Waals surface area (Å²) in [5, 5.41) is 3.23. The second-order valence-corrected chi connectivity index (χ2v) is 10.6. The summed E-state index contributed by atoms with van der Waals surface area (Å²) in [5.41, 5.74) is 4.67. The van der Waals surface area contributed by atoms with Crippen LogP contribution in [0, 0.1) is 11.6 Å². The molecular formula is C28H33F2N7O. The molecule has 0 atom stereocenters. The highest BCUT2D eigenvalue weighted by molar-refractivity contribution is 5.73. The molecule has 1 fully saturated rings. The number of ether oxygens (including phenoxy) is 1. The molecule has 2 aromatic heterocycles. The lowest BCUT2D eigenvalue weighted by Gasteiger charge is -2.35. The van der Waals surface area contributed by atoms with Crippen LogP contribution in [0.2, 0.25) is 0 Å². The van der Waals surface area contributed by atoms with Crippen molar-refractivity contribution >= 4 is 23.1 Å².